The normalized spacial score (nSPS) is 19.6. The van der Waals surface area contributed by atoms with Crippen LogP contribution in [0.4, 0.5) is 31.5 Å². The highest BCUT2D eigenvalue weighted by atomic mass is 32.2. The average Bonchev–Trinajstić information content (AvgIpc) is 3.71. The van der Waals surface area contributed by atoms with Crippen molar-refractivity contribution in [2.45, 2.75) is 44.4 Å². The largest absolute Gasteiger partial charge is 0.395 e. The number of piperidine rings is 2. The molecule has 0 atom stereocenters. The molecule has 12 heteroatoms. The second-order valence-electron chi connectivity index (χ2n) is 11.8. The third kappa shape index (κ3) is 6.14. The van der Waals surface area contributed by atoms with Crippen molar-refractivity contribution in [3.05, 3.63) is 54.4 Å². The number of hydrogen-bond donors (Lipinski definition) is 3. The van der Waals surface area contributed by atoms with Crippen LogP contribution in [0, 0.1) is 5.41 Å². The summed E-state index contributed by atoms with van der Waals surface area (Å²) in [7, 11) is -3.74. The van der Waals surface area contributed by atoms with Crippen LogP contribution >= 0.6 is 0 Å². The number of fused-ring (bicyclic) bond motifs is 1. The van der Waals surface area contributed by atoms with Crippen LogP contribution in [-0.2, 0) is 10.0 Å². The van der Waals surface area contributed by atoms with Crippen LogP contribution in [0.1, 0.15) is 48.9 Å². The van der Waals surface area contributed by atoms with Gasteiger partial charge in [-0.05, 0) is 72.9 Å². The van der Waals surface area contributed by atoms with E-state index in [1.54, 1.807) is 36.7 Å². The fourth-order valence-electron chi connectivity index (χ4n) is 6.08. The van der Waals surface area contributed by atoms with Crippen LogP contribution in [0.2, 0.25) is 0 Å². The number of aliphatic hydroxyl groups excluding tert-OH is 1. The Morgan fingerprint density at radius 3 is 2.26 bits per heavy atom. The maximum atomic E-state index is 13.9. The van der Waals surface area contributed by atoms with E-state index in [9.17, 15) is 22.0 Å². The molecule has 6 rings (SSSR count). The van der Waals surface area contributed by atoms with E-state index in [2.05, 4.69) is 19.9 Å². The standard InChI is InChI=1S/C30H35F2N5O4S/c31-30(32)8-13-37(14-9-30)27-19-23(17-21-3-10-33-20-25(21)27)34-28(39)24-2-1-22(35-42(40,41)16-15-38)18-26(24)36-11-6-29(4-5-29)7-12-36/h1-3,10,17-20,35,38H,4-9,11-16H2,(H,34,39). The molecule has 2 saturated heterocycles. The molecule has 3 aliphatic rings. The number of sulfonamides is 1. The van der Waals surface area contributed by atoms with Gasteiger partial charge in [0.15, 0.2) is 0 Å². The number of amides is 1. The van der Waals surface area contributed by atoms with E-state index in [0.29, 0.717) is 28.0 Å². The highest BCUT2D eigenvalue weighted by Gasteiger charge is 2.44. The van der Waals surface area contributed by atoms with E-state index >= 15 is 0 Å². The Labute approximate surface area is 244 Å². The highest BCUT2D eigenvalue weighted by Crippen LogP contribution is 2.54. The second-order valence-corrected chi connectivity index (χ2v) is 13.6. The zero-order chi connectivity index (χ0) is 29.5. The Bertz CT molecular complexity index is 1590. The summed E-state index contributed by atoms with van der Waals surface area (Å²) in [6.45, 7) is 1.42. The van der Waals surface area contributed by atoms with Crippen LogP contribution in [0.25, 0.3) is 10.8 Å². The van der Waals surface area contributed by atoms with Crippen molar-refractivity contribution in [2.24, 2.45) is 5.41 Å². The number of rotatable bonds is 8. The van der Waals surface area contributed by atoms with Gasteiger partial charge >= 0.3 is 0 Å². The zero-order valence-electron chi connectivity index (χ0n) is 23.3. The molecule has 1 amide bonds. The summed E-state index contributed by atoms with van der Waals surface area (Å²) in [5.41, 5.74) is 3.04. The summed E-state index contributed by atoms with van der Waals surface area (Å²) >= 11 is 0. The number of hydrogen-bond acceptors (Lipinski definition) is 7. The van der Waals surface area contributed by atoms with Crippen molar-refractivity contribution in [3.63, 3.8) is 0 Å². The van der Waals surface area contributed by atoms with Gasteiger partial charge in [0.25, 0.3) is 11.8 Å². The minimum absolute atomic E-state index is 0.197. The van der Waals surface area contributed by atoms with Crippen LogP contribution in [-0.4, -0.2) is 68.9 Å². The van der Waals surface area contributed by atoms with Crippen molar-refractivity contribution in [1.82, 2.24) is 4.98 Å². The molecule has 0 bridgehead atoms. The van der Waals surface area contributed by atoms with Crippen molar-refractivity contribution >= 4 is 49.5 Å². The number of benzene rings is 2. The minimum Gasteiger partial charge on any atom is -0.395 e. The number of pyridine rings is 1. The van der Waals surface area contributed by atoms with Crippen molar-refractivity contribution < 1.29 is 27.1 Å². The molecule has 2 aliphatic heterocycles. The summed E-state index contributed by atoms with van der Waals surface area (Å²) < 4.78 is 55.0. The highest BCUT2D eigenvalue weighted by molar-refractivity contribution is 7.92. The lowest BCUT2D eigenvalue weighted by Crippen LogP contribution is -2.39. The fourth-order valence-corrected chi connectivity index (χ4v) is 6.91. The molecule has 0 radical (unpaired) electrons. The molecule has 224 valence electrons. The number of alkyl halides is 2. The maximum Gasteiger partial charge on any atom is 0.257 e. The molecular formula is C30H35F2N5O4S. The molecule has 3 N–H and O–H groups in total. The predicted molar refractivity (Wildman–Crippen MR) is 160 cm³/mol. The first kappa shape index (κ1) is 28.6. The Morgan fingerprint density at radius 1 is 0.905 bits per heavy atom. The number of aliphatic hydroxyl groups is 1. The quantitative estimate of drug-likeness (QED) is 0.340. The monoisotopic (exact) mass is 599 g/mol. The molecule has 3 aromatic rings. The van der Waals surface area contributed by atoms with Crippen molar-refractivity contribution in [1.29, 1.82) is 0 Å². The van der Waals surface area contributed by atoms with Crippen molar-refractivity contribution in [2.75, 3.05) is 58.4 Å². The van der Waals surface area contributed by atoms with Crippen LogP contribution < -0.4 is 19.8 Å². The fraction of sp³-hybridized carbons (Fsp3) is 0.467. The van der Waals surface area contributed by atoms with Gasteiger partial charge in [-0.25, -0.2) is 17.2 Å². The average molecular weight is 600 g/mol. The van der Waals surface area contributed by atoms with Gasteiger partial charge in [0, 0.05) is 68.2 Å². The summed E-state index contributed by atoms with van der Waals surface area (Å²) in [5.74, 6) is -3.46. The molecule has 3 heterocycles. The second kappa shape index (κ2) is 11.0. The van der Waals surface area contributed by atoms with E-state index < -0.39 is 28.3 Å². The third-order valence-electron chi connectivity index (χ3n) is 8.83. The molecule has 42 heavy (non-hydrogen) atoms. The number of carbonyl (C=O) groups is 1. The molecule has 1 aliphatic carbocycles. The van der Waals surface area contributed by atoms with E-state index in [1.165, 1.54) is 12.8 Å². The van der Waals surface area contributed by atoms with E-state index in [1.807, 2.05) is 17.0 Å². The van der Waals surface area contributed by atoms with Gasteiger partial charge in [-0.1, -0.05) is 0 Å². The summed E-state index contributed by atoms with van der Waals surface area (Å²) in [4.78, 5) is 22.1. The van der Waals surface area contributed by atoms with Gasteiger partial charge in [0.2, 0.25) is 10.0 Å². The summed E-state index contributed by atoms with van der Waals surface area (Å²) in [6.07, 6.45) is 7.38. The van der Waals surface area contributed by atoms with Crippen molar-refractivity contribution in [3.8, 4) is 0 Å². The van der Waals surface area contributed by atoms with Crippen LogP contribution in [0.15, 0.2) is 48.8 Å². The molecule has 9 nitrogen and oxygen atoms in total. The van der Waals surface area contributed by atoms with Gasteiger partial charge in [0.05, 0.1) is 29.3 Å². The SMILES string of the molecule is O=C(Nc1cc(N2CCC(F)(F)CC2)c2cnccc2c1)c1ccc(NS(=O)(=O)CCO)cc1N1CCC2(CC1)CC2. The summed E-state index contributed by atoms with van der Waals surface area (Å²) in [6, 6.07) is 10.3. The minimum atomic E-state index is -3.74. The molecule has 2 aromatic carbocycles. The molecule has 1 aromatic heterocycles. The van der Waals surface area contributed by atoms with Gasteiger partial charge in [-0.3, -0.25) is 14.5 Å². The Hall–Kier alpha value is -3.51. The first-order chi connectivity index (χ1) is 20.1. The van der Waals surface area contributed by atoms with Gasteiger partial charge in [-0.15, -0.1) is 0 Å². The van der Waals surface area contributed by atoms with E-state index in [0.717, 1.165) is 42.4 Å². The zero-order valence-corrected chi connectivity index (χ0v) is 24.1. The lowest BCUT2D eigenvalue weighted by Gasteiger charge is -2.35. The molecule has 1 saturated carbocycles. The molecule has 1 spiro atoms. The Morgan fingerprint density at radius 2 is 1.57 bits per heavy atom. The first-order valence-corrected chi connectivity index (χ1v) is 16.0. The van der Waals surface area contributed by atoms with Gasteiger partial charge in [0.1, 0.15) is 0 Å². The predicted octanol–water partition coefficient (Wildman–Crippen LogP) is 4.84. The lowest BCUT2D eigenvalue weighted by atomic mass is 9.93. The lowest BCUT2D eigenvalue weighted by molar-refractivity contribution is -0.0220. The Balaban J connectivity index is 1.30. The number of anilines is 4. The summed E-state index contributed by atoms with van der Waals surface area (Å²) in [5, 5.41) is 13.8. The number of carbonyl (C=O) groups excluding carboxylic acids is 1. The Kier molecular flexibility index (Phi) is 7.46. The van der Waals surface area contributed by atoms with Gasteiger partial charge < -0.3 is 20.2 Å². The first-order valence-electron chi connectivity index (χ1n) is 14.4. The number of nitrogens with one attached hydrogen (secondary N) is 2. The maximum absolute atomic E-state index is 13.9. The van der Waals surface area contributed by atoms with E-state index in [4.69, 9.17) is 5.11 Å². The topological polar surface area (TPSA) is 115 Å². The number of halogens is 2. The third-order valence-corrected chi connectivity index (χ3v) is 10.1. The molecule has 3 fully saturated rings. The van der Waals surface area contributed by atoms with E-state index in [-0.39, 0.29) is 31.8 Å². The number of aromatic nitrogens is 1. The van der Waals surface area contributed by atoms with Crippen LogP contribution in [0.3, 0.4) is 0 Å². The van der Waals surface area contributed by atoms with Crippen LogP contribution in [0.5, 0.6) is 0 Å². The van der Waals surface area contributed by atoms with Gasteiger partial charge in [-0.2, -0.15) is 0 Å². The molecule has 0 unspecified atom stereocenters. The molecular weight excluding hydrogens is 564 g/mol. The smallest absolute Gasteiger partial charge is 0.257 e. The number of nitrogens with zero attached hydrogens (tertiary/aromatic N) is 3.